The van der Waals surface area contributed by atoms with Crippen LogP contribution >= 0.6 is 15.9 Å². The van der Waals surface area contributed by atoms with Crippen molar-refractivity contribution in [2.24, 2.45) is 0 Å². The fourth-order valence-corrected chi connectivity index (χ4v) is 3.55. The van der Waals surface area contributed by atoms with Crippen molar-refractivity contribution >= 4 is 37.3 Å². The van der Waals surface area contributed by atoms with Crippen molar-refractivity contribution in [2.75, 3.05) is 10.5 Å². The van der Waals surface area contributed by atoms with Gasteiger partial charge in [-0.05, 0) is 46.3 Å². The maximum absolute atomic E-state index is 12.2. The first kappa shape index (κ1) is 13.7. The number of halogens is 1. The quantitative estimate of drug-likeness (QED) is 0.747. The van der Waals surface area contributed by atoms with Gasteiger partial charge in [0.25, 0.3) is 10.0 Å². The van der Waals surface area contributed by atoms with Gasteiger partial charge in [0.15, 0.2) is 0 Å². The highest BCUT2D eigenvalue weighted by Crippen LogP contribution is 2.27. The summed E-state index contributed by atoms with van der Waals surface area (Å²) >= 11 is 3.17. The lowest BCUT2D eigenvalue weighted by Crippen LogP contribution is -2.13. The summed E-state index contributed by atoms with van der Waals surface area (Å²) in [6.45, 7) is 0. The molecule has 0 atom stereocenters. The number of hydrogen-bond acceptors (Lipinski definition) is 4. The number of nitrogens with one attached hydrogen (secondary N) is 1. The Morgan fingerprint density at radius 3 is 2.58 bits per heavy atom. The molecule has 7 heteroatoms. The Bertz CT molecular complexity index is 717. The lowest BCUT2D eigenvalue weighted by Gasteiger charge is -2.10. The van der Waals surface area contributed by atoms with Crippen LogP contribution in [0.15, 0.2) is 51.8 Å². The maximum atomic E-state index is 12.2. The monoisotopic (exact) mass is 342 g/mol. The molecule has 4 N–H and O–H groups in total. The number of benzene rings is 2. The van der Waals surface area contributed by atoms with Gasteiger partial charge in [0.1, 0.15) is 10.6 Å². The number of phenols is 1. The number of nitrogen functional groups attached to an aromatic ring is 1. The standard InChI is InChI=1S/C12H11BrN2O3S/c13-11-5-4-8(14)6-12(11)19(17,18)15-9-2-1-3-10(16)7-9/h1-7,15-16H,14H2. The van der Waals surface area contributed by atoms with E-state index < -0.39 is 10.0 Å². The smallest absolute Gasteiger partial charge is 0.263 e. The molecule has 0 unspecified atom stereocenters. The Morgan fingerprint density at radius 1 is 1.16 bits per heavy atom. The second kappa shape index (κ2) is 5.10. The fraction of sp³-hybridized carbons (Fsp3) is 0. The molecule has 0 aliphatic rings. The predicted octanol–water partition coefficient (Wildman–Crippen LogP) is 2.54. The van der Waals surface area contributed by atoms with Crippen molar-refractivity contribution in [1.82, 2.24) is 0 Å². The highest BCUT2D eigenvalue weighted by molar-refractivity contribution is 9.10. The molecule has 0 radical (unpaired) electrons. The van der Waals surface area contributed by atoms with Crippen LogP contribution in [0.2, 0.25) is 0 Å². The minimum atomic E-state index is -3.77. The third kappa shape index (κ3) is 3.18. The number of anilines is 2. The first-order valence-electron chi connectivity index (χ1n) is 5.25. The summed E-state index contributed by atoms with van der Waals surface area (Å²) in [6, 6.07) is 10.4. The topological polar surface area (TPSA) is 92.4 Å². The molecule has 0 aromatic heterocycles. The number of nitrogens with two attached hydrogens (primary N) is 1. The number of rotatable bonds is 3. The average Bonchev–Trinajstić information content (AvgIpc) is 2.31. The van der Waals surface area contributed by atoms with E-state index in [0.29, 0.717) is 10.2 Å². The molecule has 0 spiro atoms. The molecule has 100 valence electrons. The normalized spacial score (nSPS) is 11.2. The van der Waals surface area contributed by atoms with Crippen molar-refractivity contribution in [3.05, 3.63) is 46.9 Å². The summed E-state index contributed by atoms with van der Waals surface area (Å²) in [6.07, 6.45) is 0. The van der Waals surface area contributed by atoms with E-state index in [1.54, 1.807) is 18.2 Å². The third-order valence-electron chi connectivity index (χ3n) is 2.34. The largest absolute Gasteiger partial charge is 0.508 e. The molecule has 0 aliphatic carbocycles. The fourth-order valence-electron chi connectivity index (χ4n) is 1.51. The van der Waals surface area contributed by atoms with E-state index in [-0.39, 0.29) is 16.3 Å². The lowest BCUT2D eigenvalue weighted by molar-refractivity contribution is 0.475. The number of hydrogen-bond donors (Lipinski definition) is 3. The zero-order valence-electron chi connectivity index (χ0n) is 9.67. The molecular formula is C12H11BrN2O3S. The Kier molecular flexibility index (Phi) is 3.68. The van der Waals surface area contributed by atoms with Crippen LogP contribution in [0.3, 0.4) is 0 Å². The molecule has 19 heavy (non-hydrogen) atoms. The van der Waals surface area contributed by atoms with Crippen molar-refractivity contribution in [3.63, 3.8) is 0 Å². The van der Waals surface area contributed by atoms with Gasteiger partial charge in [-0.15, -0.1) is 0 Å². The summed E-state index contributed by atoms with van der Waals surface area (Å²) in [7, 11) is -3.77. The zero-order chi connectivity index (χ0) is 14.0. The van der Waals surface area contributed by atoms with Gasteiger partial charge in [-0.3, -0.25) is 4.72 Å². The van der Waals surface area contributed by atoms with E-state index in [4.69, 9.17) is 5.73 Å². The van der Waals surface area contributed by atoms with E-state index in [0.717, 1.165) is 0 Å². The second-order valence-corrected chi connectivity index (χ2v) is 6.35. The van der Waals surface area contributed by atoms with E-state index in [2.05, 4.69) is 20.7 Å². The van der Waals surface area contributed by atoms with E-state index in [1.807, 2.05) is 0 Å². The van der Waals surface area contributed by atoms with E-state index in [9.17, 15) is 13.5 Å². The first-order valence-corrected chi connectivity index (χ1v) is 7.53. The van der Waals surface area contributed by atoms with Crippen molar-refractivity contribution < 1.29 is 13.5 Å². The van der Waals surface area contributed by atoms with Gasteiger partial charge in [-0.25, -0.2) is 8.42 Å². The Balaban J connectivity index is 2.40. The third-order valence-corrected chi connectivity index (χ3v) is 4.72. The van der Waals surface area contributed by atoms with Gasteiger partial charge in [0.05, 0.1) is 5.69 Å². The summed E-state index contributed by atoms with van der Waals surface area (Å²) in [5.41, 5.74) is 6.21. The van der Waals surface area contributed by atoms with Gasteiger partial charge >= 0.3 is 0 Å². The lowest BCUT2D eigenvalue weighted by atomic mass is 10.3. The van der Waals surface area contributed by atoms with Gasteiger partial charge in [0.2, 0.25) is 0 Å². The second-order valence-electron chi connectivity index (χ2n) is 3.85. The molecule has 5 nitrogen and oxygen atoms in total. The highest BCUT2D eigenvalue weighted by Gasteiger charge is 2.18. The molecule has 2 aromatic carbocycles. The van der Waals surface area contributed by atoms with Gasteiger partial charge < -0.3 is 10.8 Å². The molecule has 0 saturated carbocycles. The highest BCUT2D eigenvalue weighted by atomic mass is 79.9. The van der Waals surface area contributed by atoms with Crippen molar-refractivity contribution in [3.8, 4) is 5.75 Å². The van der Waals surface area contributed by atoms with Crippen LogP contribution in [-0.4, -0.2) is 13.5 Å². The molecule has 0 saturated heterocycles. The van der Waals surface area contributed by atoms with E-state index >= 15 is 0 Å². The van der Waals surface area contributed by atoms with Crippen molar-refractivity contribution in [2.45, 2.75) is 4.90 Å². The zero-order valence-corrected chi connectivity index (χ0v) is 12.1. The average molecular weight is 343 g/mol. The summed E-state index contributed by atoms with van der Waals surface area (Å²) in [4.78, 5) is 0.0378. The molecule has 2 aromatic rings. The van der Waals surface area contributed by atoms with Crippen LogP contribution in [0, 0.1) is 0 Å². The van der Waals surface area contributed by atoms with Crippen LogP contribution in [0.4, 0.5) is 11.4 Å². The Labute approximate surface area is 119 Å². The minimum Gasteiger partial charge on any atom is -0.508 e. The Morgan fingerprint density at radius 2 is 1.89 bits per heavy atom. The first-order chi connectivity index (χ1) is 8.88. The number of aromatic hydroxyl groups is 1. The minimum absolute atomic E-state index is 0.0214. The molecule has 0 bridgehead atoms. The summed E-state index contributed by atoms with van der Waals surface area (Å²) in [5, 5.41) is 9.32. The summed E-state index contributed by atoms with van der Waals surface area (Å²) in [5.74, 6) is -0.0214. The van der Waals surface area contributed by atoms with Crippen LogP contribution in [0.1, 0.15) is 0 Å². The van der Waals surface area contributed by atoms with Crippen LogP contribution in [-0.2, 0) is 10.0 Å². The summed E-state index contributed by atoms with van der Waals surface area (Å²) < 4.78 is 27.2. The van der Waals surface area contributed by atoms with Crippen LogP contribution < -0.4 is 10.5 Å². The van der Waals surface area contributed by atoms with Crippen LogP contribution in [0.25, 0.3) is 0 Å². The molecule has 2 rings (SSSR count). The van der Waals surface area contributed by atoms with Gasteiger partial charge in [-0.1, -0.05) is 6.07 Å². The number of phenolic OH excluding ortho intramolecular Hbond substituents is 1. The van der Waals surface area contributed by atoms with E-state index in [1.165, 1.54) is 24.3 Å². The predicted molar refractivity (Wildman–Crippen MR) is 77.5 cm³/mol. The van der Waals surface area contributed by atoms with Gasteiger partial charge in [0, 0.05) is 16.2 Å². The Hall–Kier alpha value is -1.73. The SMILES string of the molecule is Nc1ccc(Br)c(S(=O)(=O)Nc2cccc(O)c2)c1. The molecule has 0 fully saturated rings. The molecule has 0 heterocycles. The molecule has 0 amide bonds. The van der Waals surface area contributed by atoms with Crippen molar-refractivity contribution in [1.29, 1.82) is 0 Å². The molecular weight excluding hydrogens is 332 g/mol. The van der Waals surface area contributed by atoms with Gasteiger partial charge in [-0.2, -0.15) is 0 Å². The molecule has 0 aliphatic heterocycles. The number of sulfonamides is 1. The van der Waals surface area contributed by atoms with Crippen LogP contribution in [0.5, 0.6) is 5.75 Å². The maximum Gasteiger partial charge on any atom is 0.263 e.